The third kappa shape index (κ3) is 20.6. The number of fused-ring (bicyclic) bond motifs is 5. The van der Waals surface area contributed by atoms with Crippen molar-refractivity contribution < 1.29 is 14.2 Å². The number of benzene rings is 13. The molecule has 592 valence electrons. The van der Waals surface area contributed by atoms with Crippen LogP contribution in [0.1, 0.15) is 0 Å². The first kappa shape index (κ1) is 78.8. The minimum absolute atomic E-state index is 0.210. The molecule has 19 aromatic rings. The van der Waals surface area contributed by atoms with Crippen LogP contribution in [-0.4, -0.2) is 104 Å². The first-order valence-electron chi connectivity index (χ1n) is 39.4. The molecule has 22 heteroatoms. The molecule has 0 atom stereocenters. The number of rotatable bonds is 17. The molecule has 0 aliphatic carbocycles. The Morgan fingerprint density at radius 1 is 0.306 bits per heavy atom. The van der Waals surface area contributed by atoms with Crippen molar-refractivity contribution in [2.75, 3.05) is 77.4 Å². The molecule has 0 radical (unpaired) electrons. The maximum Gasteiger partial charge on any atom is 0.162 e. The molecular formula is C99H82FN19O2. The fourth-order valence-corrected chi connectivity index (χ4v) is 13.4. The van der Waals surface area contributed by atoms with E-state index in [2.05, 4.69) is 62.5 Å². The zero-order valence-electron chi connectivity index (χ0n) is 65.6. The first-order valence-corrected chi connectivity index (χ1v) is 39.4. The van der Waals surface area contributed by atoms with Crippen LogP contribution in [0.3, 0.4) is 0 Å². The van der Waals surface area contributed by atoms with Gasteiger partial charge in [-0.05, 0) is 140 Å². The standard InChI is InChI=1S/C20H22N4O.2C20H16N4.C20H15N3O.C19H13FN4/c1-2-6-16(7-3-1)19-22-18-9-5-4-8-17(18)20(23-19)21-10-11-24-12-14-25-15-13-24;21-15-9-6-10-16(13-15)22-20-17-11-4-5-12-18(17)23-19(24-20)14-7-2-1-3-8-14;21-15-10-12-16(13-11-15)22-20-17-8-4-5-9-18(17)23-19(24-20)14-6-2-1-3-7-14;24-16-10-6-9-15(13-16)21-20-17-11-4-5-12-18(17)22-19(23-20)14-7-2-1-3-8-14;20-14-5-3-4-13(12-14)18-23-17-7-2-1-6-16(17)19(24-18)22-15-8-10-21-11-9-15/h1-9H,10-15H2,(H,21,22,23);2*1-13H,21H2,(H,22,23,24);1-13,24H,(H,21,22,23);1-12H,(H,21,22,23,24). The number of hydrogen-bond acceptors (Lipinski definition) is 21. The van der Waals surface area contributed by atoms with Crippen LogP contribution in [-0.2, 0) is 4.74 Å². The topological polar surface area (TPSA) is 287 Å². The second kappa shape index (κ2) is 38.6. The third-order valence-electron chi connectivity index (χ3n) is 19.4. The summed E-state index contributed by atoms with van der Waals surface area (Å²) in [6.45, 7) is 5.50. The SMILES string of the molecule is Fc1cccc(-c2nc(Nc3ccncc3)c3ccccc3n2)c1.Nc1ccc(Nc2nc(-c3ccccc3)nc3ccccc23)cc1.Nc1cccc(Nc2nc(-c3ccccc3)nc3ccccc23)c1.Oc1cccc(Nc2nc(-c3ccccc3)nc3ccccc23)c1.c1ccc(-c2nc(NCCN3CCOCC3)c3ccccc3n2)cc1. The second-order valence-electron chi connectivity index (χ2n) is 28.0. The summed E-state index contributed by atoms with van der Waals surface area (Å²) in [7, 11) is 0. The lowest BCUT2D eigenvalue weighted by Crippen LogP contribution is -2.39. The molecule has 0 saturated carbocycles. The average Bonchev–Trinajstić information content (AvgIpc) is 0.801. The van der Waals surface area contributed by atoms with E-state index in [-0.39, 0.29) is 11.6 Å². The Labute approximate surface area is 697 Å². The minimum atomic E-state index is -0.312. The molecule has 0 spiro atoms. The molecule has 1 aliphatic heterocycles. The van der Waals surface area contributed by atoms with Crippen LogP contribution >= 0.6 is 0 Å². The molecule has 10 N–H and O–H groups in total. The van der Waals surface area contributed by atoms with Crippen LogP contribution < -0.4 is 38.1 Å². The summed E-state index contributed by atoms with van der Waals surface area (Å²) in [5.41, 5.74) is 25.6. The third-order valence-corrected chi connectivity index (χ3v) is 19.4. The highest BCUT2D eigenvalue weighted by Crippen LogP contribution is 2.34. The van der Waals surface area contributed by atoms with Gasteiger partial charge in [0.05, 0.1) is 40.8 Å². The van der Waals surface area contributed by atoms with Gasteiger partial charge < -0.3 is 47.9 Å². The maximum absolute atomic E-state index is 13.5. The van der Waals surface area contributed by atoms with Crippen LogP contribution in [0, 0.1) is 5.82 Å². The molecule has 13 aromatic carbocycles. The van der Waals surface area contributed by atoms with Crippen molar-refractivity contribution in [2.24, 2.45) is 0 Å². The van der Waals surface area contributed by atoms with Gasteiger partial charge in [0.2, 0.25) is 0 Å². The number of aromatic hydroxyl groups is 1. The smallest absolute Gasteiger partial charge is 0.162 e. The highest BCUT2D eigenvalue weighted by atomic mass is 19.1. The van der Waals surface area contributed by atoms with E-state index in [0.29, 0.717) is 46.2 Å². The minimum Gasteiger partial charge on any atom is -0.508 e. The highest BCUT2D eigenvalue weighted by Gasteiger charge is 2.17. The number of halogens is 1. The van der Waals surface area contributed by atoms with E-state index in [1.807, 2.05) is 303 Å². The number of nitrogen functional groups attached to an aromatic ring is 2. The number of nitrogens with zero attached hydrogens (tertiary/aromatic N) is 12. The predicted octanol–water partition coefficient (Wildman–Crippen LogP) is 21.6. The number of phenolic OH excluding ortho intramolecular Hbond substituents is 1. The van der Waals surface area contributed by atoms with Gasteiger partial charge in [-0.3, -0.25) is 9.88 Å². The van der Waals surface area contributed by atoms with Crippen molar-refractivity contribution in [1.29, 1.82) is 0 Å². The van der Waals surface area contributed by atoms with E-state index in [1.54, 1.807) is 42.7 Å². The summed E-state index contributed by atoms with van der Waals surface area (Å²) < 4.78 is 18.9. The van der Waals surface area contributed by atoms with Crippen LogP contribution in [0.25, 0.3) is 111 Å². The van der Waals surface area contributed by atoms with Gasteiger partial charge in [0, 0.05) is 134 Å². The van der Waals surface area contributed by atoms with E-state index in [4.69, 9.17) is 46.1 Å². The summed E-state index contributed by atoms with van der Waals surface area (Å²) in [6.07, 6.45) is 3.42. The van der Waals surface area contributed by atoms with Gasteiger partial charge in [-0.25, -0.2) is 54.2 Å². The molecule has 20 rings (SSSR count). The number of anilines is 11. The predicted molar refractivity (Wildman–Crippen MR) is 488 cm³/mol. The van der Waals surface area contributed by atoms with Crippen molar-refractivity contribution >= 4 is 118 Å². The average molecular weight is 1590 g/mol. The molecule has 0 unspecified atom stereocenters. The van der Waals surface area contributed by atoms with Crippen molar-refractivity contribution in [1.82, 2.24) is 59.7 Å². The van der Waals surface area contributed by atoms with Gasteiger partial charge in [-0.2, -0.15) is 0 Å². The monoisotopic (exact) mass is 1590 g/mol. The van der Waals surface area contributed by atoms with E-state index in [9.17, 15) is 9.50 Å². The lowest BCUT2D eigenvalue weighted by molar-refractivity contribution is 0.0398. The van der Waals surface area contributed by atoms with Gasteiger partial charge in [0.25, 0.3) is 0 Å². The van der Waals surface area contributed by atoms with Gasteiger partial charge >= 0.3 is 0 Å². The molecule has 1 fully saturated rings. The number of hydrogen-bond donors (Lipinski definition) is 8. The molecule has 1 saturated heterocycles. The number of ether oxygens (including phenoxy) is 1. The van der Waals surface area contributed by atoms with Crippen molar-refractivity contribution in [3.8, 4) is 62.7 Å². The number of nitrogens with one attached hydrogen (secondary N) is 5. The molecule has 7 heterocycles. The van der Waals surface area contributed by atoms with Gasteiger partial charge in [-0.15, -0.1) is 0 Å². The summed E-state index contributed by atoms with van der Waals surface area (Å²) in [5.74, 6) is 7.03. The Morgan fingerprint density at radius 2 is 0.645 bits per heavy atom. The van der Waals surface area contributed by atoms with E-state index in [0.717, 1.165) is 168 Å². The molecule has 0 bridgehead atoms. The molecule has 0 amide bonds. The Bertz CT molecular complexity index is 6520. The quantitative estimate of drug-likeness (QED) is 0.0393. The van der Waals surface area contributed by atoms with Crippen LogP contribution in [0.2, 0.25) is 0 Å². The number of aromatic nitrogens is 11. The summed E-state index contributed by atoms with van der Waals surface area (Å²) >= 11 is 0. The molecule has 21 nitrogen and oxygen atoms in total. The Balaban J connectivity index is 0.000000112. The van der Waals surface area contributed by atoms with Crippen LogP contribution in [0.15, 0.2) is 364 Å². The van der Waals surface area contributed by atoms with Gasteiger partial charge in [-0.1, -0.05) is 206 Å². The number of nitrogens with two attached hydrogens (primary N) is 2. The highest BCUT2D eigenvalue weighted by molar-refractivity contribution is 5.96. The molecule has 121 heavy (non-hydrogen) atoms. The Hall–Kier alpha value is -16.0. The van der Waals surface area contributed by atoms with Crippen molar-refractivity contribution in [2.45, 2.75) is 0 Å². The van der Waals surface area contributed by atoms with E-state index in [1.165, 1.54) is 12.1 Å². The molecular weight excluding hydrogens is 1510 g/mol. The lowest BCUT2D eigenvalue weighted by atomic mass is 10.1. The summed E-state index contributed by atoms with van der Waals surface area (Å²) in [6, 6.07) is 112. The fourth-order valence-electron chi connectivity index (χ4n) is 13.4. The summed E-state index contributed by atoms with van der Waals surface area (Å²) in [5, 5.41) is 31.3. The Morgan fingerprint density at radius 3 is 1.05 bits per heavy atom. The zero-order chi connectivity index (χ0) is 82.3. The zero-order valence-corrected chi connectivity index (χ0v) is 65.6. The van der Waals surface area contributed by atoms with E-state index < -0.39 is 0 Å². The molecule has 1 aliphatic rings. The van der Waals surface area contributed by atoms with E-state index >= 15 is 0 Å². The number of phenols is 1. The largest absolute Gasteiger partial charge is 0.508 e. The normalized spacial score (nSPS) is 11.6. The lowest BCUT2D eigenvalue weighted by Gasteiger charge is -2.26. The number of pyridine rings is 1. The van der Waals surface area contributed by atoms with Crippen LogP contribution in [0.5, 0.6) is 5.75 Å². The fraction of sp³-hybridized carbons (Fsp3) is 0.0606. The first-order chi connectivity index (χ1) is 59.6. The van der Waals surface area contributed by atoms with Crippen molar-refractivity contribution in [3.05, 3.63) is 370 Å². The summed E-state index contributed by atoms with van der Waals surface area (Å²) in [4.78, 5) is 53.3. The number of para-hydroxylation sites is 5. The van der Waals surface area contributed by atoms with Gasteiger partial charge in [0.1, 0.15) is 40.7 Å². The van der Waals surface area contributed by atoms with Crippen LogP contribution in [0.4, 0.5) is 67.6 Å². The maximum atomic E-state index is 13.5. The molecule has 6 aromatic heterocycles. The Kier molecular flexibility index (Phi) is 25.1. The van der Waals surface area contributed by atoms with Crippen molar-refractivity contribution in [3.63, 3.8) is 0 Å². The second-order valence-corrected chi connectivity index (χ2v) is 28.0. The van der Waals surface area contributed by atoms with Gasteiger partial charge in [0.15, 0.2) is 29.1 Å². The number of morpholine rings is 1.